The molecule has 0 saturated carbocycles. The summed E-state index contributed by atoms with van der Waals surface area (Å²) in [7, 11) is -0.194. The van der Waals surface area contributed by atoms with Gasteiger partial charge in [-0.05, 0) is 49.2 Å². The van der Waals surface area contributed by atoms with Crippen LogP contribution in [0.15, 0.2) is 48.5 Å². The highest BCUT2D eigenvalue weighted by Crippen LogP contribution is 2.26. The molecule has 3 rings (SSSR count). The van der Waals surface area contributed by atoms with Gasteiger partial charge in [0.05, 0.1) is 14.2 Å². The van der Waals surface area contributed by atoms with Gasteiger partial charge in [0.1, 0.15) is 16.7 Å². The largest absolute Gasteiger partial charge is 0.497 e. The van der Waals surface area contributed by atoms with Crippen molar-refractivity contribution in [2.75, 3.05) is 27.3 Å². The molecule has 0 radical (unpaired) electrons. The number of sulfonamides is 1. The second-order valence-corrected chi connectivity index (χ2v) is 9.89. The molecular weight excluding hydrogens is 388 g/mol. The fourth-order valence-electron chi connectivity index (χ4n) is 3.40. The van der Waals surface area contributed by atoms with Gasteiger partial charge in [-0.1, -0.05) is 24.3 Å². The summed E-state index contributed by atoms with van der Waals surface area (Å²) in [5, 5.41) is -0.360. The molecule has 0 aromatic heterocycles. The lowest BCUT2D eigenvalue weighted by molar-refractivity contribution is 0.138. The molecule has 1 aliphatic heterocycles. The molecule has 0 spiro atoms. The first-order valence-corrected chi connectivity index (χ1v) is 11.3. The van der Waals surface area contributed by atoms with Crippen LogP contribution in [0.2, 0.25) is 0 Å². The highest BCUT2D eigenvalue weighted by Gasteiger charge is 2.41. The van der Waals surface area contributed by atoms with Crippen LogP contribution >= 0.6 is 0 Å². The number of benzene rings is 2. The summed E-state index contributed by atoms with van der Waals surface area (Å²) in [5.74, 6) is 1.51. The van der Waals surface area contributed by atoms with Gasteiger partial charge in [0.25, 0.3) is 0 Å². The Bertz CT molecular complexity index is 840. The lowest BCUT2D eigenvalue weighted by atomic mass is 10.1. The Kier molecular flexibility index (Phi) is 6.82. The molecule has 0 bridgehead atoms. The highest BCUT2D eigenvalue weighted by molar-refractivity contribution is 7.89. The van der Waals surface area contributed by atoms with Crippen molar-refractivity contribution in [3.63, 3.8) is 0 Å². The molecule has 0 amide bonds. The molecule has 2 aromatic carbocycles. The maximum absolute atomic E-state index is 13.4. The third kappa shape index (κ3) is 5.10. The van der Waals surface area contributed by atoms with Gasteiger partial charge in [0.2, 0.25) is 10.0 Å². The van der Waals surface area contributed by atoms with E-state index >= 15 is 0 Å². The van der Waals surface area contributed by atoms with Gasteiger partial charge in [-0.3, -0.25) is 4.90 Å². The fraction of sp³-hybridized carbons (Fsp3) is 0.455. The number of methoxy groups -OCH3 is 2. The molecule has 2 aromatic rings. The van der Waals surface area contributed by atoms with Crippen LogP contribution in [0.25, 0.3) is 0 Å². The van der Waals surface area contributed by atoms with E-state index in [2.05, 4.69) is 18.7 Å². The van der Waals surface area contributed by atoms with Gasteiger partial charge in [0.15, 0.2) is 0 Å². The Morgan fingerprint density at radius 2 is 1.31 bits per heavy atom. The van der Waals surface area contributed by atoms with E-state index in [1.807, 2.05) is 48.5 Å². The molecule has 0 unspecified atom stereocenters. The summed E-state index contributed by atoms with van der Waals surface area (Å²) >= 11 is 0. The fourth-order valence-corrected chi connectivity index (χ4v) is 5.23. The molecule has 0 atom stereocenters. The summed E-state index contributed by atoms with van der Waals surface area (Å²) in [4.78, 5) is 2.18. The van der Waals surface area contributed by atoms with Crippen LogP contribution < -0.4 is 9.47 Å². The van der Waals surface area contributed by atoms with Crippen molar-refractivity contribution in [2.45, 2.75) is 38.2 Å². The molecular formula is C22H30N2O4S. The van der Waals surface area contributed by atoms with Gasteiger partial charge in [-0.15, -0.1) is 0 Å². The molecule has 158 valence electrons. The van der Waals surface area contributed by atoms with Crippen LogP contribution in [0.3, 0.4) is 0 Å². The molecule has 0 aliphatic carbocycles. The molecule has 1 fully saturated rings. The van der Waals surface area contributed by atoms with Crippen molar-refractivity contribution in [1.29, 1.82) is 0 Å². The lowest BCUT2D eigenvalue weighted by Gasteiger charge is -2.43. The van der Waals surface area contributed by atoms with Crippen LogP contribution in [0.4, 0.5) is 0 Å². The standard InChI is InChI=1S/C22H30N2O4S/c1-17(2)23-15-22(16-23)29(25,26)24(13-18-5-9-20(27-3)10-6-18)14-19-7-11-21(28-4)12-8-19/h5-12,17,22H,13-16H2,1-4H3. The molecule has 0 N–H and O–H groups in total. The molecule has 6 nitrogen and oxygen atoms in total. The Hall–Kier alpha value is -2.09. The van der Waals surface area contributed by atoms with Crippen LogP contribution in [0.1, 0.15) is 25.0 Å². The summed E-state index contributed by atoms with van der Waals surface area (Å²) < 4.78 is 38.8. The van der Waals surface area contributed by atoms with Crippen molar-refractivity contribution in [3.05, 3.63) is 59.7 Å². The monoisotopic (exact) mass is 418 g/mol. The average Bonchev–Trinajstić information content (AvgIpc) is 2.67. The molecule has 1 saturated heterocycles. The second kappa shape index (κ2) is 9.15. The number of likely N-dealkylation sites (tertiary alicyclic amines) is 1. The first-order chi connectivity index (χ1) is 13.8. The number of rotatable bonds is 9. The predicted molar refractivity (Wildman–Crippen MR) is 115 cm³/mol. The minimum Gasteiger partial charge on any atom is -0.497 e. The SMILES string of the molecule is COc1ccc(CN(Cc2ccc(OC)cc2)S(=O)(=O)C2CN(C(C)C)C2)cc1. The van der Waals surface area contributed by atoms with E-state index in [9.17, 15) is 8.42 Å². The third-order valence-corrected chi connectivity index (χ3v) is 7.54. The zero-order chi connectivity index (χ0) is 21.0. The van der Waals surface area contributed by atoms with Gasteiger partial charge in [-0.2, -0.15) is 4.31 Å². The van der Waals surface area contributed by atoms with Crippen LogP contribution in [-0.2, 0) is 23.1 Å². The van der Waals surface area contributed by atoms with Crippen molar-refractivity contribution in [1.82, 2.24) is 9.21 Å². The quantitative estimate of drug-likeness (QED) is 0.626. The predicted octanol–water partition coefficient (Wildman–Crippen LogP) is 3.13. The number of hydrogen-bond acceptors (Lipinski definition) is 5. The van der Waals surface area contributed by atoms with Crippen molar-refractivity contribution < 1.29 is 17.9 Å². The Labute approximate surface area is 174 Å². The summed E-state index contributed by atoms with van der Waals surface area (Å²) in [6, 6.07) is 15.4. The maximum Gasteiger partial charge on any atom is 0.220 e. The smallest absolute Gasteiger partial charge is 0.220 e. The molecule has 1 aliphatic rings. The topological polar surface area (TPSA) is 59.1 Å². The summed E-state index contributed by atoms with van der Waals surface area (Å²) in [6.07, 6.45) is 0. The lowest BCUT2D eigenvalue weighted by Crippen LogP contribution is -2.59. The minimum absolute atomic E-state index is 0.330. The van der Waals surface area contributed by atoms with Crippen LogP contribution in [-0.4, -0.2) is 56.2 Å². The van der Waals surface area contributed by atoms with E-state index in [1.54, 1.807) is 18.5 Å². The molecule has 7 heteroatoms. The van der Waals surface area contributed by atoms with Crippen LogP contribution in [0.5, 0.6) is 11.5 Å². The zero-order valence-electron chi connectivity index (χ0n) is 17.5. The number of hydrogen-bond donors (Lipinski definition) is 0. The van der Waals surface area contributed by atoms with Crippen molar-refractivity contribution in [3.8, 4) is 11.5 Å². The average molecular weight is 419 g/mol. The Balaban J connectivity index is 1.81. The van der Waals surface area contributed by atoms with Crippen LogP contribution in [0, 0.1) is 0 Å². The highest BCUT2D eigenvalue weighted by atomic mass is 32.2. The maximum atomic E-state index is 13.4. The van der Waals surface area contributed by atoms with E-state index in [0.717, 1.165) is 22.6 Å². The Morgan fingerprint density at radius 3 is 1.66 bits per heavy atom. The van der Waals surface area contributed by atoms with Crippen molar-refractivity contribution >= 4 is 10.0 Å². The zero-order valence-corrected chi connectivity index (χ0v) is 18.4. The molecule has 29 heavy (non-hydrogen) atoms. The van der Waals surface area contributed by atoms with E-state index in [-0.39, 0.29) is 5.25 Å². The van der Waals surface area contributed by atoms with Gasteiger partial charge in [-0.25, -0.2) is 8.42 Å². The van der Waals surface area contributed by atoms with E-state index in [4.69, 9.17) is 9.47 Å². The normalized spacial score (nSPS) is 15.5. The number of ether oxygens (including phenoxy) is 2. The van der Waals surface area contributed by atoms with Gasteiger partial charge in [0, 0.05) is 32.2 Å². The molecule has 1 heterocycles. The van der Waals surface area contributed by atoms with Gasteiger partial charge >= 0.3 is 0 Å². The van der Waals surface area contributed by atoms with E-state index in [1.165, 1.54) is 0 Å². The van der Waals surface area contributed by atoms with Gasteiger partial charge < -0.3 is 9.47 Å². The van der Waals surface area contributed by atoms with Crippen molar-refractivity contribution in [2.24, 2.45) is 0 Å². The second-order valence-electron chi connectivity index (χ2n) is 7.68. The number of nitrogens with zero attached hydrogens (tertiary/aromatic N) is 2. The summed E-state index contributed by atoms with van der Waals surface area (Å²) in [5.41, 5.74) is 1.87. The third-order valence-electron chi connectivity index (χ3n) is 5.42. The minimum atomic E-state index is -3.43. The Morgan fingerprint density at radius 1 is 0.897 bits per heavy atom. The first kappa shape index (κ1) is 21.6. The summed E-state index contributed by atoms with van der Waals surface area (Å²) in [6.45, 7) is 6.02. The first-order valence-electron chi connectivity index (χ1n) is 9.82. The van der Waals surface area contributed by atoms with E-state index in [0.29, 0.717) is 32.2 Å². The van der Waals surface area contributed by atoms with E-state index < -0.39 is 10.0 Å².